The Balaban J connectivity index is 2.58. The second-order valence-corrected chi connectivity index (χ2v) is 3.28. The van der Waals surface area contributed by atoms with Crippen molar-refractivity contribution in [3.05, 3.63) is 47.8 Å². The van der Waals surface area contributed by atoms with Gasteiger partial charge in [-0.1, -0.05) is 13.0 Å². The standard InChI is InChI=1S/C12H9F2N2/c1-2-9-6-8(7-15-16-9)12-10(13)4-3-5-11(12)14/h3-5,7H,2H2,1H3. The van der Waals surface area contributed by atoms with Crippen LogP contribution in [0.4, 0.5) is 8.78 Å². The lowest BCUT2D eigenvalue weighted by molar-refractivity contribution is 0.589. The van der Waals surface area contributed by atoms with Crippen LogP contribution in [0.5, 0.6) is 0 Å². The molecule has 1 aromatic heterocycles. The molecule has 0 saturated carbocycles. The Bertz CT molecular complexity index is 492. The molecule has 0 bridgehead atoms. The number of aromatic nitrogens is 2. The molecule has 1 aromatic carbocycles. The normalized spacial score (nSPS) is 10.4. The van der Waals surface area contributed by atoms with E-state index in [-0.39, 0.29) is 5.56 Å². The predicted octanol–water partition coefficient (Wildman–Crippen LogP) is 2.78. The van der Waals surface area contributed by atoms with Crippen LogP contribution in [0.25, 0.3) is 11.1 Å². The van der Waals surface area contributed by atoms with Gasteiger partial charge in [0.05, 0.1) is 17.5 Å². The fourth-order valence-corrected chi connectivity index (χ4v) is 1.41. The van der Waals surface area contributed by atoms with Gasteiger partial charge in [-0.2, -0.15) is 10.2 Å². The van der Waals surface area contributed by atoms with E-state index < -0.39 is 11.6 Å². The molecule has 0 amide bonds. The first-order chi connectivity index (χ1) is 7.72. The van der Waals surface area contributed by atoms with Gasteiger partial charge in [0.2, 0.25) is 0 Å². The van der Waals surface area contributed by atoms with E-state index in [4.69, 9.17) is 0 Å². The first-order valence-electron chi connectivity index (χ1n) is 4.90. The highest BCUT2D eigenvalue weighted by molar-refractivity contribution is 5.63. The number of aryl methyl sites for hydroxylation is 1. The summed E-state index contributed by atoms with van der Waals surface area (Å²) >= 11 is 0. The second kappa shape index (κ2) is 4.35. The highest BCUT2D eigenvalue weighted by Crippen LogP contribution is 2.24. The van der Waals surface area contributed by atoms with Crippen molar-refractivity contribution < 1.29 is 8.78 Å². The monoisotopic (exact) mass is 219 g/mol. The molecule has 0 aliphatic carbocycles. The van der Waals surface area contributed by atoms with Crippen molar-refractivity contribution in [1.82, 2.24) is 10.2 Å². The van der Waals surface area contributed by atoms with Crippen molar-refractivity contribution >= 4 is 0 Å². The smallest absolute Gasteiger partial charge is 0.134 e. The van der Waals surface area contributed by atoms with Gasteiger partial charge in [0, 0.05) is 11.6 Å². The number of nitrogens with zero attached hydrogens (tertiary/aromatic N) is 2. The molecule has 0 saturated heterocycles. The summed E-state index contributed by atoms with van der Waals surface area (Å²) in [6, 6.07) is 6.57. The summed E-state index contributed by atoms with van der Waals surface area (Å²) in [5.41, 5.74) is 0.773. The fraction of sp³-hybridized carbons (Fsp3) is 0.167. The predicted molar refractivity (Wildman–Crippen MR) is 55.6 cm³/mol. The Morgan fingerprint density at radius 3 is 2.56 bits per heavy atom. The van der Waals surface area contributed by atoms with Crippen LogP contribution >= 0.6 is 0 Å². The van der Waals surface area contributed by atoms with E-state index in [9.17, 15) is 8.78 Å². The summed E-state index contributed by atoms with van der Waals surface area (Å²) in [5.74, 6) is -1.24. The zero-order valence-corrected chi connectivity index (χ0v) is 8.67. The minimum atomic E-state index is -0.619. The van der Waals surface area contributed by atoms with Crippen molar-refractivity contribution in [2.24, 2.45) is 0 Å². The summed E-state index contributed by atoms with van der Waals surface area (Å²) in [6.45, 7) is 1.88. The third-order valence-corrected chi connectivity index (χ3v) is 2.21. The lowest BCUT2D eigenvalue weighted by Crippen LogP contribution is -1.95. The van der Waals surface area contributed by atoms with Crippen LogP contribution in [0, 0.1) is 17.7 Å². The van der Waals surface area contributed by atoms with Crippen molar-refractivity contribution in [2.45, 2.75) is 13.3 Å². The first-order valence-corrected chi connectivity index (χ1v) is 4.90. The van der Waals surface area contributed by atoms with Gasteiger partial charge in [0.25, 0.3) is 0 Å². The number of benzene rings is 1. The summed E-state index contributed by atoms with van der Waals surface area (Å²) in [6.07, 6.45) is 1.93. The zero-order chi connectivity index (χ0) is 11.5. The second-order valence-electron chi connectivity index (χ2n) is 3.28. The van der Waals surface area contributed by atoms with Crippen LogP contribution in [-0.2, 0) is 6.42 Å². The summed E-state index contributed by atoms with van der Waals surface area (Å²) in [7, 11) is 0. The maximum absolute atomic E-state index is 13.5. The van der Waals surface area contributed by atoms with Gasteiger partial charge in [-0.05, 0) is 18.6 Å². The van der Waals surface area contributed by atoms with E-state index in [2.05, 4.69) is 16.3 Å². The van der Waals surface area contributed by atoms with Crippen molar-refractivity contribution in [3.8, 4) is 11.1 Å². The van der Waals surface area contributed by atoms with E-state index >= 15 is 0 Å². The molecule has 1 radical (unpaired) electrons. The van der Waals surface area contributed by atoms with E-state index in [1.165, 1.54) is 24.4 Å². The van der Waals surface area contributed by atoms with Gasteiger partial charge >= 0.3 is 0 Å². The molecule has 0 fully saturated rings. The molecular formula is C12H9F2N2. The van der Waals surface area contributed by atoms with Crippen molar-refractivity contribution in [3.63, 3.8) is 0 Å². The molecule has 0 aliphatic rings. The number of hydrogen-bond acceptors (Lipinski definition) is 2. The molecule has 81 valence electrons. The maximum atomic E-state index is 13.5. The van der Waals surface area contributed by atoms with Crippen LogP contribution in [-0.4, -0.2) is 10.2 Å². The maximum Gasteiger partial charge on any atom is 0.134 e. The first kappa shape index (κ1) is 10.7. The van der Waals surface area contributed by atoms with Gasteiger partial charge < -0.3 is 0 Å². The molecule has 16 heavy (non-hydrogen) atoms. The molecule has 0 spiro atoms. The lowest BCUT2D eigenvalue weighted by Gasteiger charge is -2.04. The van der Waals surface area contributed by atoms with Crippen LogP contribution in [0.1, 0.15) is 12.6 Å². The van der Waals surface area contributed by atoms with Crippen LogP contribution in [0.3, 0.4) is 0 Å². The molecule has 2 rings (SSSR count). The Labute approximate surface area is 92.0 Å². The van der Waals surface area contributed by atoms with Crippen LogP contribution < -0.4 is 0 Å². The highest BCUT2D eigenvalue weighted by Gasteiger charge is 2.12. The quantitative estimate of drug-likeness (QED) is 0.776. The summed E-state index contributed by atoms with van der Waals surface area (Å²) in [4.78, 5) is 0. The van der Waals surface area contributed by atoms with E-state index in [1.807, 2.05) is 6.92 Å². The van der Waals surface area contributed by atoms with Gasteiger partial charge in [-0.3, -0.25) is 0 Å². The Morgan fingerprint density at radius 2 is 1.94 bits per heavy atom. The molecule has 1 heterocycles. The molecule has 0 atom stereocenters. The van der Waals surface area contributed by atoms with E-state index in [0.29, 0.717) is 17.7 Å². The molecule has 0 N–H and O–H groups in total. The Hall–Kier alpha value is -1.84. The summed E-state index contributed by atoms with van der Waals surface area (Å²) in [5, 5.41) is 7.49. The molecule has 2 nitrogen and oxygen atoms in total. The van der Waals surface area contributed by atoms with Crippen LogP contribution in [0.2, 0.25) is 0 Å². The highest BCUT2D eigenvalue weighted by atomic mass is 19.1. The average molecular weight is 219 g/mol. The third-order valence-electron chi connectivity index (χ3n) is 2.21. The van der Waals surface area contributed by atoms with Crippen molar-refractivity contribution in [2.75, 3.05) is 0 Å². The van der Waals surface area contributed by atoms with Crippen molar-refractivity contribution in [1.29, 1.82) is 0 Å². The minimum absolute atomic E-state index is 0.105. The fourth-order valence-electron chi connectivity index (χ4n) is 1.41. The number of rotatable bonds is 2. The third kappa shape index (κ3) is 1.91. The molecule has 2 aromatic rings. The van der Waals surface area contributed by atoms with Gasteiger partial charge in [0.15, 0.2) is 0 Å². The van der Waals surface area contributed by atoms with Gasteiger partial charge in [-0.25, -0.2) is 8.78 Å². The Kier molecular flexibility index (Phi) is 2.90. The largest absolute Gasteiger partial charge is 0.206 e. The number of halogens is 2. The SMILES string of the molecule is CCc1[c]c(-c2c(F)cccc2F)cnn1. The molecule has 0 unspecified atom stereocenters. The zero-order valence-electron chi connectivity index (χ0n) is 8.67. The van der Waals surface area contributed by atoms with Crippen LogP contribution in [0.15, 0.2) is 24.4 Å². The van der Waals surface area contributed by atoms with Gasteiger partial charge in [0.1, 0.15) is 11.6 Å². The topological polar surface area (TPSA) is 25.8 Å². The Morgan fingerprint density at radius 1 is 1.25 bits per heavy atom. The van der Waals surface area contributed by atoms with E-state index in [1.54, 1.807) is 0 Å². The average Bonchev–Trinajstić information content (AvgIpc) is 2.29. The minimum Gasteiger partial charge on any atom is -0.206 e. The van der Waals surface area contributed by atoms with Gasteiger partial charge in [-0.15, -0.1) is 0 Å². The molecular weight excluding hydrogens is 210 g/mol. The molecule has 0 aliphatic heterocycles. The van der Waals surface area contributed by atoms with E-state index in [0.717, 1.165) is 0 Å². The lowest BCUT2D eigenvalue weighted by atomic mass is 10.1. The summed E-state index contributed by atoms with van der Waals surface area (Å²) < 4.78 is 26.9. The number of hydrogen-bond donors (Lipinski definition) is 0. The molecule has 4 heteroatoms.